The van der Waals surface area contributed by atoms with E-state index in [9.17, 15) is 0 Å². The maximum Gasteiger partial charge on any atom is 0.0578 e. The summed E-state index contributed by atoms with van der Waals surface area (Å²) >= 11 is 0. The summed E-state index contributed by atoms with van der Waals surface area (Å²) < 4.78 is 0. The first-order chi connectivity index (χ1) is 5.99. The lowest BCUT2D eigenvalue weighted by atomic mass is 9.88. The van der Waals surface area contributed by atoms with Gasteiger partial charge in [-0.2, -0.15) is 0 Å². The normalized spacial score (nSPS) is 13.3. The Hall–Kier alpha value is -0.520. The monoisotopic (exact) mass is 182 g/mol. The first kappa shape index (κ1) is 12.5. The molecule has 3 N–H and O–H groups in total. The van der Waals surface area contributed by atoms with Gasteiger partial charge in [-0.15, -0.1) is 5.92 Å². The Morgan fingerprint density at radius 2 is 2.00 bits per heavy atom. The van der Waals surface area contributed by atoms with Crippen LogP contribution in [0.4, 0.5) is 0 Å². The minimum atomic E-state index is 0.330. The van der Waals surface area contributed by atoms with E-state index in [4.69, 9.17) is 5.73 Å². The minimum absolute atomic E-state index is 0.330. The molecule has 0 spiro atoms. The first-order valence-electron chi connectivity index (χ1n) is 4.82. The van der Waals surface area contributed by atoms with Crippen LogP contribution in [0.15, 0.2) is 0 Å². The van der Waals surface area contributed by atoms with Gasteiger partial charge in [0, 0.05) is 12.6 Å². The second-order valence-corrected chi connectivity index (χ2v) is 4.51. The van der Waals surface area contributed by atoms with Crippen LogP contribution in [0.3, 0.4) is 0 Å². The van der Waals surface area contributed by atoms with Gasteiger partial charge >= 0.3 is 0 Å². The van der Waals surface area contributed by atoms with Crippen molar-refractivity contribution in [2.45, 2.75) is 40.2 Å². The van der Waals surface area contributed by atoms with Crippen LogP contribution in [-0.4, -0.2) is 19.1 Å². The molecule has 0 saturated heterocycles. The summed E-state index contributed by atoms with van der Waals surface area (Å²) in [5, 5.41) is 3.33. The topological polar surface area (TPSA) is 38.0 Å². The molecule has 0 bridgehead atoms. The molecule has 13 heavy (non-hydrogen) atoms. The number of nitrogens with one attached hydrogen (secondary N) is 1. The number of hydrogen-bond acceptors (Lipinski definition) is 2. The van der Waals surface area contributed by atoms with Crippen molar-refractivity contribution >= 4 is 0 Å². The quantitative estimate of drug-likeness (QED) is 0.644. The summed E-state index contributed by atoms with van der Waals surface area (Å²) in [6.45, 7) is 9.95. The molecule has 2 nitrogen and oxygen atoms in total. The van der Waals surface area contributed by atoms with Crippen molar-refractivity contribution in [3.8, 4) is 11.8 Å². The van der Waals surface area contributed by atoms with E-state index in [0.29, 0.717) is 18.0 Å². The van der Waals surface area contributed by atoms with Gasteiger partial charge in [-0.25, -0.2) is 0 Å². The van der Waals surface area contributed by atoms with Crippen LogP contribution in [0, 0.1) is 17.3 Å². The van der Waals surface area contributed by atoms with E-state index in [1.165, 1.54) is 0 Å². The van der Waals surface area contributed by atoms with E-state index in [0.717, 1.165) is 13.0 Å². The van der Waals surface area contributed by atoms with Gasteiger partial charge in [0.1, 0.15) is 0 Å². The average molecular weight is 182 g/mol. The minimum Gasteiger partial charge on any atom is -0.329 e. The SMILES string of the molecule is CC#CCNC(CN)CC(C)(C)C. The van der Waals surface area contributed by atoms with E-state index < -0.39 is 0 Å². The van der Waals surface area contributed by atoms with Crippen LogP contribution >= 0.6 is 0 Å². The van der Waals surface area contributed by atoms with Crippen LogP contribution in [0.5, 0.6) is 0 Å². The van der Waals surface area contributed by atoms with E-state index in [1.807, 2.05) is 6.92 Å². The fourth-order valence-electron chi connectivity index (χ4n) is 1.26. The molecule has 0 aliphatic heterocycles. The van der Waals surface area contributed by atoms with Crippen molar-refractivity contribution in [2.24, 2.45) is 11.1 Å². The smallest absolute Gasteiger partial charge is 0.0578 e. The standard InChI is InChI=1S/C11H22N2/c1-5-6-7-13-10(9-12)8-11(2,3)4/h10,13H,7-9,12H2,1-4H3. The van der Waals surface area contributed by atoms with Gasteiger partial charge in [0.25, 0.3) is 0 Å². The highest BCUT2D eigenvalue weighted by Crippen LogP contribution is 2.20. The molecule has 1 unspecified atom stereocenters. The van der Waals surface area contributed by atoms with Crippen molar-refractivity contribution in [1.82, 2.24) is 5.32 Å². The molecule has 0 aromatic heterocycles. The maximum atomic E-state index is 5.65. The summed E-state index contributed by atoms with van der Waals surface area (Å²) in [7, 11) is 0. The maximum absolute atomic E-state index is 5.65. The van der Waals surface area contributed by atoms with Gasteiger partial charge in [0.2, 0.25) is 0 Å². The molecule has 1 atom stereocenters. The van der Waals surface area contributed by atoms with Gasteiger partial charge in [-0.3, -0.25) is 0 Å². The lowest BCUT2D eigenvalue weighted by Gasteiger charge is -2.25. The lowest BCUT2D eigenvalue weighted by molar-refractivity contribution is 0.317. The summed E-state index contributed by atoms with van der Waals surface area (Å²) in [5.74, 6) is 5.84. The van der Waals surface area contributed by atoms with Crippen molar-refractivity contribution in [3.63, 3.8) is 0 Å². The largest absolute Gasteiger partial charge is 0.329 e. The Kier molecular flexibility index (Phi) is 5.77. The van der Waals surface area contributed by atoms with Crippen LogP contribution in [0.1, 0.15) is 34.1 Å². The van der Waals surface area contributed by atoms with E-state index in [1.54, 1.807) is 0 Å². The Morgan fingerprint density at radius 3 is 2.38 bits per heavy atom. The van der Waals surface area contributed by atoms with Crippen LogP contribution in [0.2, 0.25) is 0 Å². The molecule has 0 rings (SSSR count). The van der Waals surface area contributed by atoms with Crippen LogP contribution in [-0.2, 0) is 0 Å². The van der Waals surface area contributed by atoms with E-state index in [2.05, 4.69) is 37.9 Å². The Labute approximate surface area is 82.3 Å². The second-order valence-electron chi connectivity index (χ2n) is 4.51. The van der Waals surface area contributed by atoms with E-state index >= 15 is 0 Å². The zero-order chi connectivity index (χ0) is 10.3. The Bertz CT molecular complexity index is 180. The molecule has 0 aliphatic carbocycles. The fourth-order valence-corrected chi connectivity index (χ4v) is 1.26. The third kappa shape index (κ3) is 7.83. The molecular formula is C11H22N2. The molecule has 0 aromatic rings. The molecule has 76 valence electrons. The Balaban J connectivity index is 3.80. The van der Waals surface area contributed by atoms with Gasteiger partial charge < -0.3 is 11.1 Å². The fraction of sp³-hybridized carbons (Fsp3) is 0.818. The molecule has 0 radical (unpaired) electrons. The lowest BCUT2D eigenvalue weighted by Crippen LogP contribution is -2.39. The zero-order valence-corrected chi connectivity index (χ0v) is 9.28. The molecule has 0 amide bonds. The molecule has 2 heteroatoms. The third-order valence-electron chi connectivity index (χ3n) is 1.80. The number of rotatable bonds is 4. The van der Waals surface area contributed by atoms with Crippen molar-refractivity contribution < 1.29 is 0 Å². The van der Waals surface area contributed by atoms with Crippen molar-refractivity contribution in [2.75, 3.05) is 13.1 Å². The number of nitrogens with two attached hydrogens (primary N) is 1. The van der Waals surface area contributed by atoms with Crippen LogP contribution < -0.4 is 11.1 Å². The summed E-state index contributed by atoms with van der Waals surface area (Å²) in [5.41, 5.74) is 5.98. The second kappa shape index (κ2) is 6.01. The highest BCUT2D eigenvalue weighted by atomic mass is 14.9. The average Bonchev–Trinajstić information content (AvgIpc) is 2.01. The van der Waals surface area contributed by atoms with Crippen molar-refractivity contribution in [3.05, 3.63) is 0 Å². The molecular weight excluding hydrogens is 160 g/mol. The van der Waals surface area contributed by atoms with E-state index in [-0.39, 0.29) is 0 Å². The predicted octanol–water partition coefficient (Wildman–Crippen LogP) is 1.36. The van der Waals surface area contributed by atoms with Crippen LogP contribution in [0.25, 0.3) is 0 Å². The number of hydrogen-bond donors (Lipinski definition) is 2. The Morgan fingerprint density at radius 1 is 1.38 bits per heavy atom. The summed E-state index contributed by atoms with van der Waals surface area (Å²) in [4.78, 5) is 0. The van der Waals surface area contributed by atoms with Gasteiger partial charge in [-0.05, 0) is 18.8 Å². The molecule has 0 aliphatic rings. The summed E-state index contributed by atoms with van der Waals surface area (Å²) in [6.07, 6.45) is 1.09. The van der Waals surface area contributed by atoms with Crippen molar-refractivity contribution in [1.29, 1.82) is 0 Å². The highest BCUT2D eigenvalue weighted by Gasteiger charge is 2.16. The third-order valence-corrected chi connectivity index (χ3v) is 1.80. The van der Waals surface area contributed by atoms with Gasteiger partial charge in [-0.1, -0.05) is 26.7 Å². The summed E-state index contributed by atoms with van der Waals surface area (Å²) in [6, 6.07) is 0.390. The molecule has 0 aromatic carbocycles. The zero-order valence-electron chi connectivity index (χ0n) is 9.28. The molecule has 0 fully saturated rings. The van der Waals surface area contributed by atoms with Gasteiger partial charge in [0.15, 0.2) is 0 Å². The predicted molar refractivity (Wildman–Crippen MR) is 58.4 cm³/mol. The molecule has 0 saturated carbocycles. The highest BCUT2D eigenvalue weighted by molar-refractivity contribution is 4.97. The molecule has 0 heterocycles. The first-order valence-corrected chi connectivity index (χ1v) is 4.82. The van der Waals surface area contributed by atoms with Gasteiger partial charge in [0.05, 0.1) is 6.54 Å².